The molecule has 0 aromatic carbocycles. The lowest BCUT2D eigenvalue weighted by Gasteiger charge is -2.07. The van der Waals surface area contributed by atoms with E-state index in [9.17, 15) is 5.11 Å². The van der Waals surface area contributed by atoms with E-state index in [0.29, 0.717) is 0 Å². The molecule has 1 saturated heterocycles. The summed E-state index contributed by atoms with van der Waals surface area (Å²) in [6.45, 7) is 3.62. The molecule has 3 atom stereocenters. The molecule has 12 heavy (non-hydrogen) atoms. The van der Waals surface area contributed by atoms with E-state index in [1.165, 1.54) is 0 Å². The van der Waals surface area contributed by atoms with Crippen molar-refractivity contribution in [1.29, 1.82) is 0 Å². The lowest BCUT2D eigenvalue weighted by molar-refractivity contribution is 0.131. The van der Waals surface area contributed by atoms with Crippen molar-refractivity contribution in [1.82, 2.24) is 0 Å². The molecule has 1 heterocycles. The number of epoxide rings is 1. The van der Waals surface area contributed by atoms with Crippen LogP contribution in [0.1, 0.15) is 20.3 Å². The molecule has 0 saturated carbocycles. The van der Waals surface area contributed by atoms with Crippen molar-refractivity contribution in [3.8, 4) is 11.8 Å². The maximum Gasteiger partial charge on any atom is 0.145 e. The van der Waals surface area contributed by atoms with E-state index in [0.717, 1.165) is 6.42 Å². The van der Waals surface area contributed by atoms with Gasteiger partial charge in [0.15, 0.2) is 0 Å². The predicted octanol–water partition coefficient (Wildman–Crippen LogP) is -0.0895. The van der Waals surface area contributed by atoms with Crippen molar-refractivity contribution in [3.05, 3.63) is 0 Å². The van der Waals surface area contributed by atoms with Crippen molar-refractivity contribution in [3.63, 3.8) is 0 Å². The molecule has 3 heteroatoms. The highest BCUT2D eigenvalue weighted by molar-refractivity contribution is 5.17. The highest BCUT2D eigenvalue weighted by Gasteiger charge is 2.55. The summed E-state index contributed by atoms with van der Waals surface area (Å²) in [7, 11) is 0. The van der Waals surface area contributed by atoms with E-state index >= 15 is 0 Å². The fourth-order valence-electron chi connectivity index (χ4n) is 1.29. The molecule has 1 aliphatic rings. The predicted molar refractivity (Wildman–Crippen MR) is 44.4 cm³/mol. The highest BCUT2D eigenvalue weighted by atomic mass is 16.6. The monoisotopic (exact) mass is 170 g/mol. The standard InChI is InChI=1S/C9H14O3/c1-3-8-9(2,12-8)7(11)5-4-6-10/h7-8,10-11H,3,6H2,1-2H3/t7-,8-,9-/m0/s1. The SMILES string of the molecule is CC[C@@H]1O[C@@]1(C)[C@@H](O)C#CCO. The van der Waals surface area contributed by atoms with Crippen LogP contribution < -0.4 is 0 Å². The minimum absolute atomic E-state index is 0.112. The average molecular weight is 170 g/mol. The second-order valence-corrected chi connectivity index (χ2v) is 3.08. The molecule has 0 aliphatic carbocycles. The van der Waals surface area contributed by atoms with E-state index in [4.69, 9.17) is 9.84 Å². The molecule has 0 aromatic heterocycles. The Morgan fingerprint density at radius 3 is 2.75 bits per heavy atom. The number of rotatable bonds is 2. The topological polar surface area (TPSA) is 53.0 Å². The Kier molecular flexibility index (Phi) is 2.73. The van der Waals surface area contributed by atoms with Crippen molar-refractivity contribution in [2.45, 2.75) is 38.1 Å². The Morgan fingerprint density at radius 1 is 1.67 bits per heavy atom. The largest absolute Gasteiger partial charge is 0.384 e. The van der Waals surface area contributed by atoms with Gasteiger partial charge < -0.3 is 14.9 Å². The zero-order valence-corrected chi connectivity index (χ0v) is 7.37. The van der Waals surface area contributed by atoms with Crippen LogP contribution in [0.3, 0.4) is 0 Å². The fraction of sp³-hybridized carbons (Fsp3) is 0.778. The first-order chi connectivity index (χ1) is 5.65. The van der Waals surface area contributed by atoms with Gasteiger partial charge in [0.2, 0.25) is 0 Å². The zero-order chi connectivity index (χ0) is 9.19. The molecular weight excluding hydrogens is 156 g/mol. The van der Waals surface area contributed by atoms with Gasteiger partial charge in [-0.15, -0.1) is 0 Å². The van der Waals surface area contributed by atoms with Gasteiger partial charge in [-0.05, 0) is 13.3 Å². The maximum atomic E-state index is 9.47. The van der Waals surface area contributed by atoms with E-state index < -0.39 is 11.7 Å². The second kappa shape index (κ2) is 3.44. The highest BCUT2D eigenvalue weighted by Crippen LogP contribution is 2.40. The average Bonchev–Trinajstić information content (AvgIpc) is 2.74. The van der Waals surface area contributed by atoms with Gasteiger partial charge >= 0.3 is 0 Å². The first kappa shape index (κ1) is 9.53. The third-order valence-electron chi connectivity index (χ3n) is 2.21. The molecule has 68 valence electrons. The van der Waals surface area contributed by atoms with Gasteiger partial charge in [0, 0.05) is 0 Å². The molecule has 0 amide bonds. The summed E-state index contributed by atoms with van der Waals surface area (Å²) < 4.78 is 5.28. The van der Waals surface area contributed by atoms with Crippen molar-refractivity contribution >= 4 is 0 Å². The van der Waals surface area contributed by atoms with Crippen LogP contribution in [0.2, 0.25) is 0 Å². The van der Waals surface area contributed by atoms with Crippen LogP contribution in [0.25, 0.3) is 0 Å². The summed E-state index contributed by atoms with van der Waals surface area (Å²) in [5, 5.41) is 17.9. The van der Waals surface area contributed by atoms with Crippen LogP contribution in [0.5, 0.6) is 0 Å². The quantitative estimate of drug-likeness (QED) is 0.450. The maximum absolute atomic E-state index is 9.47. The molecule has 3 nitrogen and oxygen atoms in total. The smallest absolute Gasteiger partial charge is 0.145 e. The van der Waals surface area contributed by atoms with Crippen LogP contribution >= 0.6 is 0 Å². The van der Waals surface area contributed by atoms with Gasteiger partial charge in [0.05, 0.1) is 6.10 Å². The zero-order valence-electron chi connectivity index (χ0n) is 7.37. The molecule has 0 bridgehead atoms. The van der Waals surface area contributed by atoms with Gasteiger partial charge in [-0.25, -0.2) is 0 Å². The summed E-state index contributed by atoms with van der Waals surface area (Å²) >= 11 is 0. The molecule has 0 unspecified atom stereocenters. The van der Waals surface area contributed by atoms with Crippen molar-refractivity contribution < 1.29 is 14.9 Å². The molecule has 1 fully saturated rings. The number of aliphatic hydroxyl groups is 2. The van der Waals surface area contributed by atoms with Gasteiger partial charge in [-0.3, -0.25) is 0 Å². The molecular formula is C9H14O3. The van der Waals surface area contributed by atoms with Crippen LogP contribution in [0.4, 0.5) is 0 Å². The lowest BCUT2D eigenvalue weighted by Crippen LogP contribution is -2.27. The molecule has 1 aliphatic heterocycles. The second-order valence-electron chi connectivity index (χ2n) is 3.08. The number of aliphatic hydroxyl groups excluding tert-OH is 2. The van der Waals surface area contributed by atoms with Crippen LogP contribution in [-0.2, 0) is 4.74 Å². The Hall–Kier alpha value is -0.560. The van der Waals surface area contributed by atoms with Crippen LogP contribution in [-0.4, -0.2) is 34.6 Å². The molecule has 0 aromatic rings. The fourth-order valence-corrected chi connectivity index (χ4v) is 1.29. The Morgan fingerprint density at radius 2 is 2.33 bits per heavy atom. The lowest BCUT2D eigenvalue weighted by atomic mass is 9.99. The Balaban J connectivity index is 2.49. The first-order valence-electron chi connectivity index (χ1n) is 4.10. The molecule has 0 radical (unpaired) electrons. The minimum atomic E-state index is -0.783. The van der Waals surface area contributed by atoms with E-state index in [1.807, 2.05) is 13.8 Å². The summed E-state index contributed by atoms with van der Waals surface area (Å²) in [6.07, 6.45) is 0.212. The number of hydrogen-bond acceptors (Lipinski definition) is 3. The van der Waals surface area contributed by atoms with Gasteiger partial charge in [-0.1, -0.05) is 18.8 Å². The normalized spacial score (nSPS) is 35.2. The van der Waals surface area contributed by atoms with Gasteiger partial charge in [-0.2, -0.15) is 0 Å². The Bertz CT molecular complexity index is 216. The molecule has 1 rings (SSSR count). The van der Waals surface area contributed by atoms with Crippen molar-refractivity contribution in [2.24, 2.45) is 0 Å². The van der Waals surface area contributed by atoms with Crippen LogP contribution in [0, 0.1) is 11.8 Å². The number of hydrogen-bond donors (Lipinski definition) is 2. The summed E-state index contributed by atoms with van der Waals surface area (Å²) in [5.74, 6) is 4.94. The third kappa shape index (κ3) is 1.61. The van der Waals surface area contributed by atoms with E-state index in [-0.39, 0.29) is 12.7 Å². The van der Waals surface area contributed by atoms with E-state index in [2.05, 4.69) is 11.8 Å². The van der Waals surface area contributed by atoms with Gasteiger partial charge in [0.25, 0.3) is 0 Å². The van der Waals surface area contributed by atoms with Crippen LogP contribution in [0.15, 0.2) is 0 Å². The molecule has 0 spiro atoms. The van der Waals surface area contributed by atoms with Gasteiger partial charge in [0.1, 0.15) is 18.3 Å². The number of ether oxygens (including phenoxy) is 1. The third-order valence-corrected chi connectivity index (χ3v) is 2.21. The minimum Gasteiger partial charge on any atom is -0.384 e. The first-order valence-corrected chi connectivity index (χ1v) is 4.10. The summed E-state index contributed by atoms with van der Waals surface area (Å²) in [5.41, 5.74) is -0.503. The summed E-state index contributed by atoms with van der Waals surface area (Å²) in [4.78, 5) is 0. The van der Waals surface area contributed by atoms with Crippen molar-refractivity contribution in [2.75, 3.05) is 6.61 Å². The molecule has 2 N–H and O–H groups in total. The Labute approximate surface area is 72.4 Å². The van der Waals surface area contributed by atoms with E-state index in [1.54, 1.807) is 0 Å². The summed E-state index contributed by atoms with van der Waals surface area (Å²) in [6, 6.07) is 0.